The van der Waals surface area contributed by atoms with E-state index in [0.717, 1.165) is 24.5 Å². The molecule has 82 valence electrons. The summed E-state index contributed by atoms with van der Waals surface area (Å²) in [5, 5.41) is 6.28. The summed E-state index contributed by atoms with van der Waals surface area (Å²) in [5.41, 5.74) is 0. The Balaban J connectivity index is 1.81. The second-order valence-corrected chi connectivity index (χ2v) is 5.27. The van der Waals surface area contributed by atoms with E-state index in [0.29, 0.717) is 5.92 Å². The van der Waals surface area contributed by atoms with Gasteiger partial charge < -0.3 is 10.6 Å². The van der Waals surface area contributed by atoms with Gasteiger partial charge in [0.2, 0.25) is 0 Å². The van der Waals surface area contributed by atoms with Crippen LogP contribution in [-0.2, 0) is 0 Å². The van der Waals surface area contributed by atoms with Crippen molar-refractivity contribution in [2.75, 3.05) is 19.6 Å². The monoisotopic (exact) mass is 224 g/mol. The zero-order chi connectivity index (χ0) is 10.7. The first-order chi connectivity index (χ1) is 7.25. The number of carbonyl (C=O) groups is 1. The average Bonchev–Trinajstić information content (AvgIpc) is 2.84. The Bertz CT molecular complexity index is 342. The van der Waals surface area contributed by atoms with E-state index in [4.69, 9.17) is 0 Å². The smallest absolute Gasteiger partial charge is 0.261 e. The van der Waals surface area contributed by atoms with Crippen molar-refractivity contribution >= 4 is 17.2 Å². The third-order valence-electron chi connectivity index (χ3n) is 2.68. The fraction of sp³-hybridized carbons (Fsp3) is 0.545. The molecule has 3 nitrogen and oxygen atoms in total. The van der Waals surface area contributed by atoms with Crippen LogP contribution in [0.25, 0.3) is 0 Å². The molecule has 1 atom stereocenters. The fourth-order valence-corrected chi connectivity index (χ4v) is 2.55. The lowest BCUT2D eigenvalue weighted by Gasteiger charge is -2.08. The summed E-state index contributed by atoms with van der Waals surface area (Å²) in [6.45, 7) is 4.92. The van der Waals surface area contributed by atoms with Crippen molar-refractivity contribution in [3.63, 3.8) is 0 Å². The number of thiophene rings is 1. The number of nitrogens with one attached hydrogen (secondary N) is 2. The Hall–Kier alpha value is -0.870. The van der Waals surface area contributed by atoms with Crippen molar-refractivity contribution in [2.45, 2.75) is 13.3 Å². The molecule has 1 aromatic heterocycles. The maximum absolute atomic E-state index is 11.7. The molecular weight excluding hydrogens is 208 g/mol. The number of hydrogen-bond acceptors (Lipinski definition) is 3. The fourth-order valence-electron chi connectivity index (χ4n) is 1.77. The Morgan fingerprint density at radius 3 is 3.13 bits per heavy atom. The molecule has 0 bridgehead atoms. The lowest BCUT2D eigenvalue weighted by Crippen LogP contribution is -2.29. The van der Waals surface area contributed by atoms with Crippen LogP contribution in [0.15, 0.2) is 12.1 Å². The van der Waals surface area contributed by atoms with Crippen LogP contribution in [0.2, 0.25) is 0 Å². The summed E-state index contributed by atoms with van der Waals surface area (Å²) >= 11 is 1.55. The first-order valence-corrected chi connectivity index (χ1v) is 6.12. The summed E-state index contributed by atoms with van der Waals surface area (Å²) in [5.74, 6) is 0.676. The molecule has 0 radical (unpaired) electrons. The molecule has 1 unspecified atom stereocenters. The molecule has 2 heterocycles. The van der Waals surface area contributed by atoms with Gasteiger partial charge in [0.25, 0.3) is 5.91 Å². The molecule has 1 aliphatic rings. The van der Waals surface area contributed by atoms with Crippen LogP contribution in [0.5, 0.6) is 0 Å². The molecule has 0 saturated carbocycles. The van der Waals surface area contributed by atoms with Gasteiger partial charge in [-0.2, -0.15) is 0 Å². The van der Waals surface area contributed by atoms with Gasteiger partial charge in [0.05, 0.1) is 4.88 Å². The Morgan fingerprint density at radius 2 is 2.53 bits per heavy atom. The predicted octanol–water partition coefficient (Wildman–Crippen LogP) is 1.40. The van der Waals surface area contributed by atoms with Gasteiger partial charge in [-0.1, -0.05) is 0 Å². The van der Waals surface area contributed by atoms with Gasteiger partial charge in [0, 0.05) is 11.4 Å². The minimum Gasteiger partial charge on any atom is -0.351 e. The Labute approximate surface area is 93.9 Å². The molecule has 4 heteroatoms. The lowest BCUT2D eigenvalue weighted by molar-refractivity contribution is 0.0952. The van der Waals surface area contributed by atoms with E-state index in [1.54, 1.807) is 11.3 Å². The largest absolute Gasteiger partial charge is 0.351 e. The molecule has 0 aliphatic carbocycles. The standard InChI is InChI=1S/C11H16N2OS/c1-8-2-3-10(15-8)11(14)13-7-9-4-5-12-6-9/h2-3,9,12H,4-7H2,1H3,(H,13,14). The van der Waals surface area contributed by atoms with Gasteiger partial charge in [0.1, 0.15) is 0 Å². The molecular formula is C11H16N2OS. The van der Waals surface area contributed by atoms with Gasteiger partial charge in [-0.25, -0.2) is 0 Å². The minimum absolute atomic E-state index is 0.0694. The Kier molecular flexibility index (Phi) is 3.38. The summed E-state index contributed by atoms with van der Waals surface area (Å²) in [4.78, 5) is 13.7. The van der Waals surface area contributed by atoms with Crippen LogP contribution < -0.4 is 10.6 Å². The second-order valence-electron chi connectivity index (χ2n) is 3.98. The van der Waals surface area contributed by atoms with Crippen molar-refractivity contribution in [1.29, 1.82) is 0 Å². The van der Waals surface area contributed by atoms with Crippen LogP contribution in [0.1, 0.15) is 21.0 Å². The molecule has 1 aromatic rings. The molecule has 1 saturated heterocycles. The number of aryl methyl sites for hydroxylation is 1. The summed E-state index contributed by atoms with van der Waals surface area (Å²) in [7, 11) is 0. The summed E-state index contributed by atoms with van der Waals surface area (Å²) < 4.78 is 0. The highest BCUT2D eigenvalue weighted by Gasteiger charge is 2.16. The molecule has 2 N–H and O–H groups in total. The minimum atomic E-state index is 0.0694. The van der Waals surface area contributed by atoms with E-state index < -0.39 is 0 Å². The number of rotatable bonds is 3. The van der Waals surface area contributed by atoms with E-state index in [9.17, 15) is 4.79 Å². The normalized spacial score (nSPS) is 20.5. The van der Waals surface area contributed by atoms with E-state index in [2.05, 4.69) is 10.6 Å². The van der Waals surface area contributed by atoms with Crippen LogP contribution in [-0.4, -0.2) is 25.5 Å². The van der Waals surface area contributed by atoms with E-state index in [1.165, 1.54) is 11.3 Å². The number of amides is 1. The van der Waals surface area contributed by atoms with Crippen LogP contribution in [0.3, 0.4) is 0 Å². The molecule has 15 heavy (non-hydrogen) atoms. The molecule has 0 spiro atoms. The molecule has 1 aliphatic heterocycles. The van der Waals surface area contributed by atoms with Gasteiger partial charge in [-0.15, -0.1) is 11.3 Å². The number of carbonyl (C=O) groups excluding carboxylic acids is 1. The van der Waals surface area contributed by atoms with Gasteiger partial charge in [0.15, 0.2) is 0 Å². The van der Waals surface area contributed by atoms with Crippen LogP contribution >= 0.6 is 11.3 Å². The second kappa shape index (κ2) is 4.77. The number of hydrogen-bond donors (Lipinski definition) is 2. The zero-order valence-corrected chi connectivity index (χ0v) is 9.69. The van der Waals surface area contributed by atoms with E-state index in [1.807, 2.05) is 19.1 Å². The van der Waals surface area contributed by atoms with Gasteiger partial charge >= 0.3 is 0 Å². The van der Waals surface area contributed by atoms with Crippen LogP contribution in [0, 0.1) is 12.8 Å². The summed E-state index contributed by atoms with van der Waals surface area (Å²) in [6.07, 6.45) is 1.17. The van der Waals surface area contributed by atoms with Crippen molar-refractivity contribution in [3.8, 4) is 0 Å². The van der Waals surface area contributed by atoms with E-state index in [-0.39, 0.29) is 5.91 Å². The topological polar surface area (TPSA) is 41.1 Å². The van der Waals surface area contributed by atoms with Crippen molar-refractivity contribution < 1.29 is 4.79 Å². The highest BCUT2D eigenvalue weighted by atomic mass is 32.1. The highest BCUT2D eigenvalue weighted by Crippen LogP contribution is 2.15. The third kappa shape index (κ3) is 2.79. The SMILES string of the molecule is Cc1ccc(C(=O)NCC2CCNC2)s1. The first-order valence-electron chi connectivity index (χ1n) is 5.31. The van der Waals surface area contributed by atoms with E-state index >= 15 is 0 Å². The molecule has 0 aromatic carbocycles. The lowest BCUT2D eigenvalue weighted by atomic mass is 10.1. The average molecular weight is 224 g/mol. The molecule has 1 amide bonds. The maximum atomic E-state index is 11.7. The predicted molar refractivity (Wildman–Crippen MR) is 62.4 cm³/mol. The van der Waals surface area contributed by atoms with Crippen LogP contribution in [0.4, 0.5) is 0 Å². The summed E-state index contributed by atoms with van der Waals surface area (Å²) in [6, 6.07) is 3.87. The maximum Gasteiger partial charge on any atom is 0.261 e. The molecule has 1 fully saturated rings. The van der Waals surface area contributed by atoms with Crippen molar-refractivity contribution in [2.24, 2.45) is 5.92 Å². The quantitative estimate of drug-likeness (QED) is 0.814. The van der Waals surface area contributed by atoms with Crippen molar-refractivity contribution in [3.05, 3.63) is 21.9 Å². The zero-order valence-electron chi connectivity index (χ0n) is 8.88. The Morgan fingerprint density at radius 1 is 1.67 bits per heavy atom. The van der Waals surface area contributed by atoms with Gasteiger partial charge in [-0.05, 0) is 44.5 Å². The van der Waals surface area contributed by atoms with Crippen molar-refractivity contribution in [1.82, 2.24) is 10.6 Å². The highest BCUT2D eigenvalue weighted by molar-refractivity contribution is 7.13. The van der Waals surface area contributed by atoms with Gasteiger partial charge in [-0.3, -0.25) is 4.79 Å². The third-order valence-corrected chi connectivity index (χ3v) is 3.68. The molecule has 2 rings (SSSR count). The first kappa shape index (κ1) is 10.6.